The highest BCUT2D eigenvalue weighted by atomic mass is 32.2. The third-order valence-corrected chi connectivity index (χ3v) is 7.62. The second-order valence-electron chi connectivity index (χ2n) is 8.22. The minimum atomic E-state index is -3.58. The molecule has 1 N–H and O–H groups in total. The van der Waals surface area contributed by atoms with Gasteiger partial charge in [-0.3, -0.25) is 9.59 Å². The predicted octanol–water partition coefficient (Wildman–Crippen LogP) is 3.04. The zero-order valence-electron chi connectivity index (χ0n) is 18.4. The van der Waals surface area contributed by atoms with Crippen LogP contribution in [0.25, 0.3) is 0 Å². The van der Waals surface area contributed by atoms with Gasteiger partial charge >= 0.3 is 0 Å². The first-order chi connectivity index (χ1) is 14.6. The quantitative estimate of drug-likeness (QED) is 0.770. The number of rotatable bonds is 5. The number of anilines is 1. The lowest BCUT2D eigenvalue weighted by Crippen LogP contribution is -2.41. The van der Waals surface area contributed by atoms with Crippen molar-refractivity contribution >= 4 is 27.5 Å². The highest BCUT2D eigenvalue weighted by molar-refractivity contribution is 7.89. The molecule has 1 aliphatic heterocycles. The molecule has 3 rings (SSSR count). The first kappa shape index (κ1) is 23.0. The van der Waals surface area contributed by atoms with Gasteiger partial charge in [0.2, 0.25) is 15.9 Å². The van der Waals surface area contributed by atoms with E-state index in [1.807, 2.05) is 13.0 Å². The van der Waals surface area contributed by atoms with Crippen molar-refractivity contribution in [2.45, 2.75) is 31.6 Å². The maximum atomic E-state index is 13.0. The fourth-order valence-electron chi connectivity index (χ4n) is 3.82. The van der Waals surface area contributed by atoms with Crippen molar-refractivity contribution < 1.29 is 18.0 Å². The standard InChI is InChI=1S/C23H29N3O4S/c1-16-8-9-21(17(2)14-16)31(29,30)26-12-10-18(11-13-26)22(27)24-20-7-5-6-19(15-20)23(28)25(3)4/h5-9,14-15,18H,10-13H2,1-4H3,(H,24,27). The fourth-order valence-corrected chi connectivity index (χ4v) is 5.49. The van der Waals surface area contributed by atoms with Crippen LogP contribution >= 0.6 is 0 Å². The Balaban J connectivity index is 1.64. The Bertz CT molecular complexity index is 1090. The average Bonchev–Trinajstić information content (AvgIpc) is 2.73. The molecule has 7 nitrogen and oxygen atoms in total. The Hall–Kier alpha value is -2.71. The number of sulfonamides is 1. The summed E-state index contributed by atoms with van der Waals surface area (Å²) in [5.41, 5.74) is 2.80. The minimum absolute atomic E-state index is 0.138. The largest absolute Gasteiger partial charge is 0.345 e. The summed E-state index contributed by atoms with van der Waals surface area (Å²) < 4.78 is 27.5. The molecule has 2 aromatic rings. The van der Waals surface area contributed by atoms with Crippen LogP contribution in [0.5, 0.6) is 0 Å². The molecule has 0 spiro atoms. The summed E-state index contributed by atoms with van der Waals surface area (Å²) in [6.45, 7) is 4.33. The molecule has 1 fully saturated rings. The molecule has 0 bridgehead atoms. The van der Waals surface area contributed by atoms with Crippen LogP contribution in [0, 0.1) is 19.8 Å². The highest BCUT2D eigenvalue weighted by Crippen LogP contribution is 2.27. The summed E-state index contributed by atoms with van der Waals surface area (Å²) in [6, 6.07) is 12.1. The maximum absolute atomic E-state index is 13.0. The van der Waals surface area contributed by atoms with Crippen LogP contribution in [0.15, 0.2) is 47.4 Å². The molecule has 31 heavy (non-hydrogen) atoms. The molecular weight excluding hydrogens is 414 g/mol. The van der Waals surface area contributed by atoms with Crippen molar-refractivity contribution in [2.75, 3.05) is 32.5 Å². The van der Waals surface area contributed by atoms with E-state index in [0.717, 1.165) is 11.1 Å². The Labute approximate surface area is 184 Å². The summed E-state index contributed by atoms with van der Waals surface area (Å²) in [6.07, 6.45) is 0.901. The van der Waals surface area contributed by atoms with Crippen LogP contribution in [0.3, 0.4) is 0 Å². The van der Waals surface area contributed by atoms with Gasteiger partial charge in [0.25, 0.3) is 5.91 Å². The summed E-state index contributed by atoms with van der Waals surface area (Å²) in [5, 5.41) is 2.87. The number of aryl methyl sites for hydroxylation is 2. The van der Waals surface area contributed by atoms with Crippen LogP contribution in [0.1, 0.15) is 34.3 Å². The number of hydrogen-bond donors (Lipinski definition) is 1. The van der Waals surface area contributed by atoms with Crippen LogP contribution in [-0.4, -0.2) is 56.6 Å². The average molecular weight is 444 g/mol. The van der Waals surface area contributed by atoms with Crippen molar-refractivity contribution in [3.63, 3.8) is 0 Å². The SMILES string of the molecule is Cc1ccc(S(=O)(=O)N2CCC(C(=O)Nc3cccc(C(=O)N(C)C)c3)CC2)c(C)c1. The molecule has 0 atom stereocenters. The van der Waals surface area contributed by atoms with E-state index in [1.165, 1.54) is 9.21 Å². The summed E-state index contributed by atoms with van der Waals surface area (Å²) >= 11 is 0. The van der Waals surface area contributed by atoms with Crippen molar-refractivity contribution in [1.82, 2.24) is 9.21 Å². The lowest BCUT2D eigenvalue weighted by atomic mass is 9.97. The topological polar surface area (TPSA) is 86.8 Å². The highest BCUT2D eigenvalue weighted by Gasteiger charge is 2.32. The van der Waals surface area contributed by atoms with Crippen molar-refractivity contribution in [3.8, 4) is 0 Å². The zero-order valence-corrected chi connectivity index (χ0v) is 19.2. The van der Waals surface area contributed by atoms with Gasteiger partial charge in [-0.25, -0.2) is 8.42 Å². The third kappa shape index (κ3) is 5.14. The van der Waals surface area contributed by atoms with Crippen LogP contribution in [-0.2, 0) is 14.8 Å². The molecule has 1 aliphatic rings. The van der Waals surface area contributed by atoms with Gasteiger partial charge in [0.15, 0.2) is 0 Å². The fraction of sp³-hybridized carbons (Fsp3) is 0.391. The van der Waals surface area contributed by atoms with E-state index >= 15 is 0 Å². The van der Waals surface area contributed by atoms with Gasteiger partial charge in [0.05, 0.1) is 4.90 Å². The number of piperidine rings is 1. The number of amides is 2. The number of carbonyl (C=O) groups is 2. The van der Waals surface area contributed by atoms with E-state index < -0.39 is 10.0 Å². The molecule has 0 aromatic heterocycles. The Morgan fingerprint density at radius 1 is 1.03 bits per heavy atom. The molecule has 1 heterocycles. The van der Waals surface area contributed by atoms with Gasteiger partial charge < -0.3 is 10.2 Å². The molecule has 2 aromatic carbocycles. The second-order valence-corrected chi connectivity index (χ2v) is 10.1. The van der Waals surface area contributed by atoms with Gasteiger partial charge in [-0.2, -0.15) is 4.31 Å². The van der Waals surface area contributed by atoms with Gasteiger partial charge in [0, 0.05) is 44.4 Å². The maximum Gasteiger partial charge on any atom is 0.253 e. The van der Waals surface area contributed by atoms with E-state index in [1.54, 1.807) is 57.4 Å². The van der Waals surface area contributed by atoms with E-state index in [-0.39, 0.29) is 17.7 Å². The van der Waals surface area contributed by atoms with E-state index in [2.05, 4.69) is 5.32 Å². The lowest BCUT2D eigenvalue weighted by Gasteiger charge is -2.31. The molecule has 8 heteroatoms. The second kappa shape index (κ2) is 9.20. The molecule has 0 unspecified atom stereocenters. The number of carbonyl (C=O) groups excluding carboxylic acids is 2. The molecule has 2 amide bonds. The van der Waals surface area contributed by atoms with E-state index in [4.69, 9.17) is 0 Å². The van der Waals surface area contributed by atoms with Crippen LogP contribution in [0.2, 0.25) is 0 Å². The lowest BCUT2D eigenvalue weighted by molar-refractivity contribution is -0.120. The van der Waals surface area contributed by atoms with Gasteiger partial charge in [-0.15, -0.1) is 0 Å². The number of nitrogens with one attached hydrogen (secondary N) is 1. The summed E-state index contributed by atoms with van der Waals surface area (Å²) in [7, 11) is -0.233. The molecule has 0 aliphatic carbocycles. The van der Waals surface area contributed by atoms with Crippen molar-refractivity contribution in [1.29, 1.82) is 0 Å². The van der Waals surface area contributed by atoms with Crippen molar-refractivity contribution in [3.05, 3.63) is 59.2 Å². The van der Waals surface area contributed by atoms with E-state index in [9.17, 15) is 18.0 Å². The number of hydrogen-bond acceptors (Lipinski definition) is 4. The molecule has 0 saturated carbocycles. The molecule has 166 valence electrons. The Morgan fingerprint density at radius 2 is 1.71 bits per heavy atom. The van der Waals surface area contributed by atoms with Gasteiger partial charge in [-0.05, 0) is 56.5 Å². The smallest absolute Gasteiger partial charge is 0.253 e. The molecule has 1 saturated heterocycles. The normalized spacial score (nSPS) is 15.5. The predicted molar refractivity (Wildman–Crippen MR) is 120 cm³/mol. The van der Waals surface area contributed by atoms with Gasteiger partial charge in [-0.1, -0.05) is 23.8 Å². The monoisotopic (exact) mass is 443 g/mol. The number of benzene rings is 2. The molecule has 0 radical (unpaired) electrons. The third-order valence-electron chi connectivity index (χ3n) is 5.56. The summed E-state index contributed by atoms with van der Waals surface area (Å²) in [4.78, 5) is 26.7. The first-order valence-electron chi connectivity index (χ1n) is 10.3. The van der Waals surface area contributed by atoms with Crippen LogP contribution < -0.4 is 5.32 Å². The first-order valence-corrected chi connectivity index (χ1v) is 11.7. The molecular formula is C23H29N3O4S. The van der Waals surface area contributed by atoms with Crippen LogP contribution in [0.4, 0.5) is 5.69 Å². The number of nitrogens with zero attached hydrogens (tertiary/aromatic N) is 2. The zero-order chi connectivity index (χ0) is 22.8. The van der Waals surface area contributed by atoms with Gasteiger partial charge in [0.1, 0.15) is 0 Å². The summed E-state index contributed by atoms with van der Waals surface area (Å²) in [5.74, 6) is -0.571. The van der Waals surface area contributed by atoms with Crippen molar-refractivity contribution in [2.24, 2.45) is 5.92 Å². The Morgan fingerprint density at radius 3 is 2.32 bits per heavy atom. The minimum Gasteiger partial charge on any atom is -0.345 e. The Kier molecular flexibility index (Phi) is 6.81. The van der Waals surface area contributed by atoms with E-state index in [0.29, 0.717) is 42.1 Å².